The van der Waals surface area contributed by atoms with E-state index in [1.165, 1.54) is 12.1 Å². The molecule has 0 aliphatic carbocycles. The summed E-state index contributed by atoms with van der Waals surface area (Å²) in [5.74, 6) is -1.66. The van der Waals surface area contributed by atoms with Gasteiger partial charge in [-0.2, -0.15) is 0 Å². The molecule has 78 valence electrons. The highest BCUT2D eigenvalue weighted by Gasteiger charge is 2.11. The Bertz CT molecular complexity index is 484. The summed E-state index contributed by atoms with van der Waals surface area (Å²) in [5.41, 5.74) is 5.34. The Hall–Kier alpha value is -1.98. The van der Waals surface area contributed by atoms with E-state index >= 15 is 0 Å². The van der Waals surface area contributed by atoms with Crippen LogP contribution in [0.2, 0.25) is 0 Å². The molecule has 2 rings (SSSR count). The zero-order chi connectivity index (χ0) is 10.8. The fraction of sp³-hybridized carbons (Fsp3) is 0.111. The van der Waals surface area contributed by atoms with Gasteiger partial charge >= 0.3 is 6.01 Å². The van der Waals surface area contributed by atoms with Crippen LogP contribution < -0.4 is 5.73 Å². The van der Waals surface area contributed by atoms with Gasteiger partial charge in [-0.3, -0.25) is 0 Å². The van der Waals surface area contributed by atoms with E-state index in [1.807, 2.05) is 0 Å². The van der Waals surface area contributed by atoms with Crippen LogP contribution in [-0.2, 0) is 6.42 Å². The highest BCUT2D eigenvalue weighted by molar-refractivity contribution is 5.22. The number of anilines is 1. The molecule has 1 aromatic heterocycles. The van der Waals surface area contributed by atoms with Gasteiger partial charge in [0.15, 0.2) is 11.6 Å². The average Bonchev–Trinajstić information content (AvgIpc) is 2.59. The number of benzene rings is 1. The summed E-state index contributed by atoms with van der Waals surface area (Å²) in [6.45, 7) is 0. The third-order valence-corrected chi connectivity index (χ3v) is 1.86. The van der Waals surface area contributed by atoms with Gasteiger partial charge in [0.1, 0.15) is 0 Å². The van der Waals surface area contributed by atoms with Crippen molar-refractivity contribution in [2.75, 3.05) is 5.73 Å². The van der Waals surface area contributed by atoms with Gasteiger partial charge in [0.25, 0.3) is 0 Å². The smallest absolute Gasteiger partial charge is 0.312 e. The average molecular weight is 211 g/mol. The minimum Gasteiger partial charge on any atom is -0.408 e. The topological polar surface area (TPSA) is 64.9 Å². The number of nitrogens with zero attached hydrogens (tertiary/aromatic N) is 2. The fourth-order valence-electron chi connectivity index (χ4n) is 1.19. The number of aromatic nitrogens is 2. The number of rotatable bonds is 2. The zero-order valence-electron chi connectivity index (χ0n) is 7.58. The molecule has 4 nitrogen and oxygen atoms in total. The molecule has 0 unspecified atom stereocenters. The van der Waals surface area contributed by atoms with Gasteiger partial charge in [0, 0.05) is 5.56 Å². The van der Waals surface area contributed by atoms with Crippen molar-refractivity contribution in [2.24, 2.45) is 0 Å². The van der Waals surface area contributed by atoms with Crippen LogP contribution in [0.1, 0.15) is 11.5 Å². The number of hydrogen-bond donors (Lipinski definition) is 1. The van der Waals surface area contributed by atoms with Crippen molar-refractivity contribution in [2.45, 2.75) is 6.42 Å². The van der Waals surface area contributed by atoms with Crippen molar-refractivity contribution in [1.29, 1.82) is 0 Å². The third kappa shape index (κ3) is 1.93. The van der Waals surface area contributed by atoms with Crippen molar-refractivity contribution >= 4 is 6.01 Å². The standard InChI is InChI=1S/C9H7F2N3O/c10-6-3-1-2-5(8(6)11)4-7-13-14-9(12)15-7/h1-3H,4H2,(H2,12,14). The lowest BCUT2D eigenvalue weighted by Crippen LogP contribution is -1.95. The van der Waals surface area contributed by atoms with Crippen LogP contribution >= 0.6 is 0 Å². The second-order valence-electron chi connectivity index (χ2n) is 2.92. The van der Waals surface area contributed by atoms with Crippen LogP contribution in [0.3, 0.4) is 0 Å². The maximum Gasteiger partial charge on any atom is 0.312 e. The lowest BCUT2D eigenvalue weighted by atomic mass is 10.1. The Kier molecular flexibility index (Phi) is 2.32. The van der Waals surface area contributed by atoms with Crippen LogP contribution in [0.4, 0.5) is 14.8 Å². The second kappa shape index (κ2) is 3.64. The fourth-order valence-corrected chi connectivity index (χ4v) is 1.19. The maximum absolute atomic E-state index is 13.2. The first-order chi connectivity index (χ1) is 7.16. The molecular formula is C9H7F2N3O. The highest BCUT2D eigenvalue weighted by atomic mass is 19.2. The summed E-state index contributed by atoms with van der Waals surface area (Å²) in [6.07, 6.45) is 0.0216. The maximum atomic E-state index is 13.2. The molecule has 0 radical (unpaired) electrons. The first kappa shape index (κ1) is 9.57. The lowest BCUT2D eigenvalue weighted by Gasteiger charge is -1.99. The predicted octanol–water partition coefficient (Wildman–Crippen LogP) is 1.52. The molecule has 0 amide bonds. The summed E-state index contributed by atoms with van der Waals surface area (Å²) in [4.78, 5) is 0. The molecule has 6 heteroatoms. The van der Waals surface area contributed by atoms with Crippen molar-refractivity contribution in [3.8, 4) is 0 Å². The van der Waals surface area contributed by atoms with Crippen LogP contribution in [0.15, 0.2) is 22.6 Å². The first-order valence-corrected chi connectivity index (χ1v) is 4.17. The minimum absolute atomic E-state index is 0.0216. The van der Waals surface area contributed by atoms with Gasteiger partial charge < -0.3 is 10.2 Å². The normalized spacial score (nSPS) is 10.5. The number of nitrogens with two attached hydrogens (primary N) is 1. The molecule has 0 spiro atoms. The Morgan fingerprint density at radius 1 is 1.27 bits per heavy atom. The van der Waals surface area contributed by atoms with E-state index in [9.17, 15) is 8.78 Å². The van der Waals surface area contributed by atoms with E-state index in [2.05, 4.69) is 10.2 Å². The van der Waals surface area contributed by atoms with Gasteiger partial charge in [-0.1, -0.05) is 17.2 Å². The molecule has 2 aromatic rings. The third-order valence-electron chi connectivity index (χ3n) is 1.86. The largest absolute Gasteiger partial charge is 0.408 e. The van der Waals surface area contributed by atoms with Crippen molar-refractivity contribution < 1.29 is 13.2 Å². The Morgan fingerprint density at radius 2 is 2.07 bits per heavy atom. The second-order valence-corrected chi connectivity index (χ2v) is 2.92. The zero-order valence-corrected chi connectivity index (χ0v) is 7.58. The van der Waals surface area contributed by atoms with E-state index < -0.39 is 11.6 Å². The van der Waals surface area contributed by atoms with E-state index in [4.69, 9.17) is 10.2 Å². The number of hydrogen-bond acceptors (Lipinski definition) is 4. The van der Waals surface area contributed by atoms with Gasteiger partial charge in [-0.15, -0.1) is 5.10 Å². The summed E-state index contributed by atoms with van der Waals surface area (Å²) >= 11 is 0. The Morgan fingerprint density at radius 3 is 2.73 bits per heavy atom. The van der Waals surface area contributed by atoms with Crippen molar-refractivity contribution in [3.05, 3.63) is 41.3 Å². The van der Waals surface area contributed by atoms with E-state index in [-0.39, 0.29) is 23.9 Å². The molecule has 2 N–H and O–H groups in total. The molecule has 0 fully saturated rings. The number of halogens is 2. The van der Waals surface area contributed by atoms with Gasteiger partial charge in [0.05, 0.1) is 6.42 Å². The summed E-state index contributed by atoms with van der Waals surface area (Å²) in [7, 11) is 0. The van der Waals surface area contributed by atoms with E-state index in [0.29, 0.717) is 0 Å². The first-order valence-electron chi connectivity index (χ1n) is 4.17. The molecule has 0 aliphatic heterocycles. The van der Waals surface area contributed by atoms with Crippen LogP contribution in [0.25, 0.3) is 0 Å². The van der Waals surface area contributed by atoms with Gasteiger partial charge in [-0.05, 0) is 6.07 Å². The van der Waals surface area contributed by atoms with Crippen LogP contribution in [0.5, 0.6) is 0 Å². The van der Waals surface area contributed by atoms with E-state index in [1.54, 1.807) is 0 Å². The highest BCUT2D eigenvalue weighted by Crippen LogP contribution is 2.15. The monoisotopic (exact) mass is 211 g/mol. The number of nitrogen functional groups attached to an aromatic ring is 1. The molecule has 0 saturated heterocycles. The van der Waals surface area contributed by atoms with Crippen molar-refractivity contribution in [1.82, 2.24) is 10.2 Å². The van der Waals surface area contributed by atoms with Crippen molar-refractivity contribution in [3.63, 3.8) is 0 Å². The molecule has 0 aliphatic rings. The van der Waals surface area contributed by atoms with E-state index in [0.717, 1.165) is 6.07 Å². The summed E-state index contributed by atoms with van der Waals surface area (Å²) in [5, 5.41) is 6.96. The molecule has 0 atom stereocenters. The molecule has 0 bridgehead atoms. The predicted molar refractivity (Wildman–Crippen MR) is 47.9 cm³/mol. The van der Waals surface area contributed by atoms with Gasteiger partial charge in [-0.25, -0.2) is 8.78 Å². The Balaban J connectivity index is 2.28. The molecule has 1 aromatic carbocycles. The SMILES string of the molecule is Nc1nnc(Cc2cccc(F)c2F)o1. The lowest BCUT2D eigenvalue weighted by molar-refractivity contribution is 0.486. The van der Waals surface area contributed by atoms with Crippen LogP contribution in [0, 0.1) is 11.6 Å². The summed E-state index contributed by atoms with van der Waals surface area (Å²) in [6, 6.07) is 3.80. The molecular weight excluding hydrogens is 204 g/mol. The molecule has 0 saturated carbocycles. The summed E-state index contributed by atoms with van der Waals surface area (Å²) < 4.78 is 30.9. The van der Waals surface area contributed by atoms with Crippen LogP contribution in [-0.4, -0.2) is 10.2 Å². The Labute approximate surface area is 83.7 Å². The molecule has 15 heavy (non-hydrogen) atoms. The minimum atomic E-state index is -0.908. The molecule has 1 heterocycles. The van der Waals surface area contributed by atoms with Gasteiger partial charge in [0.2, 0.25) is 5.89 Å². The quantitative estimate of drug-likeness (QED) is 0.817.